The van der Waals surface area contributed by atoms with E-state index >= 15 is 0 Å². The number of methoxy groups -OCH3 is 1. The van der Waals surface area contributed by atoms with E-state index in [9.17, 15) is 9.59 Å². The quantitative estimate of drug-likeness (QED) is 0.840. The Morgan fingerprint density at radius 3 is 2.59 bits per heavy atom. The Balaban J connectivity index is 2.26. The van der Waals surface area contributed by atoms with Gasteiger partial charge in [0.15, 0.2) is 0 Å². The number of benzene rings is 1. The van der Waals surface area contributed by atoms with Crippen LogP contribution < -0.4 is 11.3 Å². The van der Waals surface area contributed by atoms with Gasteiger partial charge in [0.25, 0.3) is 5.56 Å². The zero-order valence-corrected chi connectivity index (χ0v) is 14.0. The normalized spacial score (nSPS) is 12.0. The predicted molar refractivity (Wildman–Crippen MR) is 88.5 cm³/mol. The highest BCUT2D eigenvalue weighted by molar-refractivity contribution is 9.10. The SMILES string of the molecule is COC(=O)C(N)Cc1ccc(-c2cc(Br)cn(C)c2=O)cc1. The molecule has 1 aromatic carbocycles. The highest BCUT2D eigenvalue weighted by atomic mass is 79.9. The number of rotatable bonds is 4. The van der Waals surface area contributed by atoms with Gasteiger partial charge in [-0.2, -0.15) is 0 Å². The summed E-state index contributed by atoms with van der Waals surface area (Å²) in [5, 5.41) is 0. The van der Waals surface area contributed by atoms with Crippen molar-refractivity contribution in [1.29, 1.82) is 0 Å². The summed E-state index contributed by atoms with van der Waals surface area (Å²) in [5.41, 5.74) is 8.01. The first-order valence-corrected chi connectivity index (χ1v) is 7.50. The molecule has 1 heterocycles. The summed E-state index contributed by atoms with van der Waals surface area (Å²) in [6, 6.07) is 8.52. The van der Waals surface area contributed by atoms with Crippen LogP contribution in [0.4, 0.5) is 0 Å². The van der Waals surface area contributed by atoms with Crippen LogP contribution in [0.25, 0.3) is 11.1 Å². The van der Waals surface area contributed by atoms with Crippen LogP contribution in [-0.2, 0) is 23.0 Å². The molecule has 2 rings (SSSR count). The van der Waals surface area contributed by atoms with Gasteiger partial charge >= 0.3 is 5.97 Å². The average Bonchev–Trinajstić information content (AvgIpc) is 2.50. The molecule has 2 aromatic rings. The van der Waals surface area contributed by atoms with Crippen molar-refractivity contribution in [3.8, 4) is 11.1 Å². The smallest absolute Gasteiger partial charge is 0.322 e. The molecule has 0 aliphatic rings. The number of carbonyl (C=O) groups is 1. The molecule has 0 bridgehead atoms. The number of nitrogens with zero attached hydrogens (tertiary/aromatic N) is 1. The second-order valence-electron chi connectivity index (χ2n) is 5.02. The third kappa shape index (κ3) is 3.64. The number of carbonyl (C=O) groups excluding carboxylic acids is 1. The van der Waals surface area contributed by atoms with E-state index in [1.54, 1.807) is 19.3 Å². The van der Waals surface area contributed by atoms with Gasteiger partial charge in [-0.15, -0.1) is 0 Å². The lowest BCUT2D eigenvalue weighted by molar-refractivity contribution is -0.142. The standard InChI is InChI=1S/C16H17BrN2O3/c1-19-9-12(17)8-13(15(19)20)11-5-3-10(4-6-11)7-14(18)16(21)22-2/h3-6,8-9,14H,7,18H2,1-2H3. The Morgan fingerprint density at radius 1 is 1.36 bits per heavy atom. The molecule has 0 aliphatic heterocycles. The van der Waals surface area contributed by atoms with Crippen molar-refractivity contribution in [1.82, 2.24) is 4.57 Å². The molecular weight excluding hydrogens is 348 g/mol. The first-order valence-electron chi connectivity index (χ1n) is 6.71. The maximum Gasteiger partial charge on any atom is 0.322 e. The molecule has 0 radical (unpaired) electrons. The Kier molecular flexibility index (Phi) is 5.15. The minimum atomic E-state index is -0.686. The van der Waals surface area contributed by atoms with Crippen molar-refractivity contribution < 1.29 is 9.53 Å². The fourth-order valence-corrected chi connectivity index (χ4v) is 2.72. The summed E-state index contributed by atoms with van der Waals surface area (Å²) in [6.45, 7) is 0. The minimum Gasteiger partial charge on any atom is -0.468 e. The molecule has 116 valence electrons. The Hall–Kier alpha value is -1.92. The number of halogens is 1. The zero-order valence-electron chi connectivity index (χ0n) is 12.4. The number of hydrogen-bond acceptors (Lipinski definition) is 4. The highest BCUT2D eigenvalue weighted by Gasteiger charge is 2.14. The summed E-state index contributed by atoms with van der Waals surface area (Å²) < 4.78 is 6.97. The number of aryl methyl sites for hydroxylation is 1. The molecule has 0 amide bonds. The van der Waals surface area contributed by atoms with Crippen molar-refractivity contribution in [2.75, 3.05) is 7.11 Å². The lowest BCUT2D eigenvalue weighted by Crippen LogP contribution is -2.33. The van der Waals surface area contributed by atoms with E-state index in [2.05, 4.69) is 20.7 Å². The molecular formula is C16H17BrN2O3. The second-order valence-corrected chi connectivity index (χ2v) is 5.93. The topological polar surface area (TPSA) is 74.3 Å². The van der Waals surface area contributed by atoms with Gasteiger partial charge in [-0.3, -0.25) is 9.59 Å². The van der Waals surface area contributed by atoms with Crippen molar-refractivity contribution in [2.45, 2.75) is 12.5 Å². The van der Waals surface area contributed by atoms with Gasteiger partial charge in [0, 0.05) is 23.3 Å². The van der Waals surface area contributed by atoms with Crippen molar-refractivity contribution in [2.24, 2.45) is 12.8 Å². The van der Waals surface area contributed by atoms with E-state index in [0.717, 1.165) is 15.6 Å². The molecule has 0 spiro atoms. The van der Waals surface area contributed by atoms with Gasteiger partial charge in [-0.25, -0.2) is 0 Å². The highest BCUT2D eigenvalue weighted by Crippen LogP contribution is 2.20. The number of ether oxygens (including phenoxy) is 1. The number of hydrogen-bond donors (Lipinski definition) is 1. The van der Waals surface area contributed by atoms with Crippen LogP contribution in [0, 0.1) is 0 Å². The van der Waals surface area contributed by atoms with Crippen LogP contribution in [0.15, 0.2) is 45.8 Å². The molecule has 1 aromatic heterocycles. The molecule has 0 fully saturated rings. The number of nitrogens with two attached hydrogens (primary N) is 1. The summed E-state index contributed by atoms with van der Waals surface area (Å²) >= 11 is 3.39. The lowest BCUT2D eigenvalue weighted by Gasteiger charge is -2.10. The molecule has 0 aliphatic carbocycles. The van der Waals surface area contributed by atoms with E-state index in [-0.39, 0.29) is 5.56 Å². The van der Waals surface area contributed by atoms with Crippen molar-refractivity contribution >= 4 is 21.9 Å². The molecule has 1 unspecified atom stereocenters. The number of pyridine rings is 1. The summed E-state index contributed by atoms with van der Waals surface area (Å²) in [4.78, 5) is 23.5. The summed E-state index contributed by atoms with van der Waals surface area (Å²) in [6.07, 6.45) is 2.11. The first kappa shape index (κ1) is 16.5. The van der Waals surface area contributed by atoms with Crippen molar-refractivity contribution in [3.05, 3.63) is 56.9 Å². The van der Waals surface area contributed by atoms with Crippen LogP contribution in [0.1, 0.15) is 5.56 Å². The van der Waals surface area contributed by atoms with Gasteiger partial charge in [0.1, 0.15) is 6.04 Å². The molecule has 1 atom stereocenters. The van der Waals surface area contributed by atoms with E-state index in [4.69, 9.17) is 5.73 Å². The van der Waals surface area contributed by atoms with Gasteiger partial charge in [0.2, 0.25) is 0 Å². The van der Waals surface area contributed by atoms with Gasteiger partial charge in [0.05, 0.1) is 7.11 Å². The van der Waals surface area contributed by atoms with E-state index in [1.165, 1.54) is 11.7 Å². The van der Waals surface area contributed by atoms with E-state index in [0.29, 0.717) is 12.0 Å². The zero-order chi connectivity index (χ0) is 16.3. The first-order chi connectivity index (χ1) is 10.4. The van der Waals surface area contributed by atoms with E-state index < -0.39 is 12.0 Å². The van der Waals surface area contributed by atoms with Gasteiger partial charge in [-0.1, -0.05) is 24.3 Å². The summed E-state index contributed by atoms with van der Waals surface area (Å²) in [7, 11) is 3.02. The largest absolute Gasteiger partial charge is 0.468 e. The van der Waals surface area contributed by atoms with Gasteiger partial charge < -0.3 is 15.0 Å². The maximum absolute atomic E-state index is 12.2. The number of aromatic nitrogens is 1. The van der Waals surface area contributed by atoms with Crippen LogP contribution >= 0.6 is 15.9 Å². The van der Waals surface area contributed by atoms with Crippen LogP contribution in [-0.4, -0.2) is 23.7 Å². The van der Waals surface area contributed by atoms with Crippen LogP contribution in [0.5, 0.6) is 0 Å². The minimum absolute atomic E-state index is 0.0674. The summed E-state index contributed by atoms with van der Waals surface area (Å²) in [5.74, 6) is -0.440. The lowest BCUT2D eigenvalue weighted by atomic mass is 10.0. The average molecular weight is 365 g/mol. The Labute approximate surface area is 136 Å². The number of esters is 1. The maximum atomic E-state index is 12.2. The molecule has 0 saturated heterocycles. The van der Waals surface area contributed by atoms with Gasteiger partial charge in [-0.05, 0) is 39.5 Å². The fourth-order valence-electron chi connectivity index (χ4n) is 2.19. The Morgan fingerprint density at radius 2 is 2.00 bits per heavy atom. The third-order valence-electron chi connectivity index (χ3n) is 3.37. The molecule has 0 saturated carbocycles. The van der Waals surface area contributed by atoms with Crippen molar-refractivity contribution in [3.63, 3.8) is 0 Å². The second kappa shape index (κ2) is 6.89. The third-order valence-corrected chi connectivity index (χ3v) is 3.81. The fraction of sp³-hybridized carbons (Fsp3) is 0.250. The molecule has 2 N–H and O–H groups in total. The van der Waals surface area contributed by atoms with Crippen LogP contribution in [0.3, 0.4) is 0 Å². The Bertz CT molecular complexity index is 738. The molecule has 5 nitrogen and oxygen atoms in total. The van der Waals surface area contributed by atoms with E-state index in [1.807, 2.05) is 24.3 Å². The molecule has 22 heavy (non-hydrogen) atoms. The predicted octanol–water partition coefficient (Wildman–Crippen LogP) is 1.86. The van der Waals surface area contributed by atoms with Crippen LogP contribution in [0.2, 0.25) is 0 Å². The molecule has 6 heteroatoms. The monoisotopic (exact) mass is 364 g/mol.